The van der Waals surface area contributed by atoms with Crippen LogP contribution >= 0.6 is 0 Å². The second-order valence-electron chi connectivity index (χ2n) is 4.43. The van der Waals surface area contributed by atoms with Crippen LogP contribution in [0.15, 0.2) is 0 Å². The molecule has 0 saturated heterocycles. The molecule has 0 aromatic heterocycles. The summed E-state index contributed by atoms with van der Waals surface area (Å²) in [6, 6.07) is -0.0771. The third-order valence-corrected chi connectivity index (χ3v) is 2.01. The number of aliphatic hydroxyl groups is 1. The summed E-state index contributed by atoms with van der Waals surface area (Å²) < 4.78 is 0. The molecule has 0 aromatic carbocycles. The number of nitrogens with zero attached hydrogens (tertiary/aromatic N) is 1. The van der Waals surface area contributed by atoms with Gasteiger partial charge in [0.05, 0.1) is 5.60 Å². The molecule has 3 N–H and O–H groups in total. The zero-order chi connectivity index (χ0) is 11.4. The van der Waals surface area contributed by atoms with Crippen molar-refractivity contribution in [3.63, 3.8) is 0 Å². The largest absolute Gasteiger partial charge is 0.389 e. The second-order valence-corrected chi connectivity index (χ2v) is 4.43. The number of amides is 1. The molecule has 4 heteroatoms. The number of hydrogen-bond acceptors (Lipinski definition) is 3. The molecule has 1 atom stereocenters. The van der Waals surface area contributed by atoms with Crippen molar-refractivity contribution in [2.45, 2.75) is 45.3 Å². The quantitative estimate of drug-likeness (QED) is 0.675. The van der Waals surface area contributed by atoms with E-state index in [2.05, 4.69) is 0 Å². The Morgan fingerprint density at radius 2 is 2.07 bits per heavy atom. The van der Waals surface area contributed by atoms with Gasteiger partial charge in [-0.1, -0.05) is 6.92 Å². The number of likely N-dealkylation sites (N-methyl/N-ethyl adjacent to an activating group) is 1. The van der Waals surface area contributed by atoms with Gasteiger partial charge in [-0.15, -0.1) is 0 Å². The van der Waals surface area contributed by atoms with Gasteiger partial charge < -0.3 is 15.7 Å². The normalized spacial score (nSPS) is 13.9. The molecule has 0 heterocycles. The molecule has 4 nitrogen and oxygen atoms in total. The Hall–Kier alpha value is -0.610. The van der Waals surface area contributed by atoms with Crippen molar-refractivity contribution in [2.24, 2.45) is 5.73 Å². The van der Waals surface area contributed by atoms with Crippen molar-refractivity contribution in [3.8, 4) is 0 Å². The Labute approximate surface area is 86.1 Å². The smallest absolute Gasteiger partial charge is 0.223 e. The van der Waals surface area contributed by atoms with Crippen molar-refractivity contribution >= 4 is 5.91 Å². The SMILES string of the molecule is CCC(N)CC(=O)N(C)CC(C)(C)O. The number of rotatable bonds is 5. The van der Waals surface area contributed by atoms with E-state index in [1.165, 1.54) is 4.90 Å². The Kier molecular flexibility index (Phi) is 5.08. The zero-order valence-electron chi connectivity index (χ0n) is 9.58. The number of hydrogen-bond donors (Lipinski definition) is 2. The second kappa shape index (κ2) is 5.32. The maximum Gasteiger partial charge on any atom is 0.223 e. The van der Waals surface area contributed by atoms with Crippen LogP contribution in [-0.4, -0.2) is 41.1 Å². The van der Waals surface area contributed by atoms with E-state index in [-0.39, 0.29) is 11.9 Å². The first-order valence-electron chi connectivity index (χ1n) is 4.98. The first-order chi connectivity index (χ1) is 6.26. The lowest BCUT2D eigenvalue weighted by molar-refractivity contribution is -0.132. The minimum Gasteiger partial charge on any atom is -0.389 e. The number of carbonyl (C=O) groups excluding carboxylic acids is 1. The van der Waals surface area contributed by atoms with E-state index in [1.807, 2.05) is 6.92 Å². The first-order valence-corrected chi connectivity index (χ1v) is 4.98. The molecule has 1 amide bonds. The van der Waals surface area contributed by atoms with Crippen molar-refractivity contribution in [1.29, 1.82) is 0 Å². The molecule has 84 valence electrons. The summed E-state index contributed by atoms with van der Waals surface area (Å²) in [5, 5.41) is 9.50. The highest BCUT2D eigenvalue weighted by Crippen LogP contribution is 2.05. The van der Waals surface area contributed by atoms with E-state index < -0.39 is 5.60 Å². The monoisotopic (exact) mass is 202 g/mol. The molecule has 1 unspecified atom stereocenters. The van der Waals surface area contributed by atoms with Crippen LogP contribution in [0.2, 0.25) is 0 Å². The predicted molar refractivity (Wildman–Crippen MR) is 56.8 cm³/mol. The van der Waals surface area contributed by atoms with E-state index in [4.69, 9.17) is 5.73 Å². The molecule has 0 spiro atoms. The van der Waals surface area contributed by atoms with Crippen LogP contribution in [-0.2, 0) is 4.79 Å². The lowest BCUT2D eigenvalue weighted by Gasteiger charge is -2.26. The first kappa shape index (κ1) is 13.4. The fourth-order valence-corrected chi connectivity index (χ4v) is 1.19. The highest BCUT2D eigenvalue weighted by atomic mass is 16.3. The van der Waals surface area contributed by atoms with E-state index in [1.54, 1.807) is 20.9 Å². The van der Waals surface area contributed by atoms with Crippen molar-refractivity contribution in [3.05, 3.63) is 0 Å². The molecule has 0 aliphatic heterocycles. The Bertz CT molecular complexity index is 187. The summed E-state index contributed by atoms with van der Waals surface area (Å²) in [6.07, 6.45) is 1.14. The highest BCUT2D eigenvalue weighted by Gasteiger charge is 2.20. The third kappa shape index (κ3) is 5.94. The van der Waals surface area contributed by atoms with Crippen LogP contribution in [0, 0.1) is 0 Å². The van der Waals surface area contributed by atoms with Crippen LogP contribution in [0.5, 0.6) is 0 Å². The van der Waals surface area contributed by atoms with Crippen molar-refractivity contribution in [1.82, 2.24) is 4.90 Å². The highest BCUT2D eigenvalue weighted by molar-refractivity contribution is 5.76. The Morgan fingerprint density at radius 1 is 1.57 bits per heavy atom. The average molecular weight is 202 g/mol. The summed E-state index contributed by atoms with van der Waals surface area (Å²) in [7, 11) is 1.68. The lowest BCUT2D eigenvalue weighted by Crippen LogP contribution is -2.41. The van der Waals surface area contributed by atoms with Gasteiger partial charge in [-0.05, 0) is 20.3 Å². The lowest BCUT2D eigenvalue weighted by atomic mass is 10.1. The maximum atomic E-state index is 11.5. The molecule has 0 aliphatic carbocycles. The molecule has 0 rings (SSSR count). The van der Waals surface area contributed by atoms with Gasteiger partial charge in [0, 0.05) is 26.1 Å². The minimum absolute atomic E-state index is 0.0125. The van der Waals surface area contributed by atoms with Gasteiger partial charge in [0.2, 0.25) is 5.91 Å². The van der Waals surface area contributed by atoms with E-state index >= 15 is 0 Å². The average Bonchev–Trinajstić information content (AvgIpc) is 2.00. The Balaban J connectivity index is 4.00. The van der Waals surface area contributed by atoms with E-state index in [9.17, 15) is 9.90 Å². The van der Waals surface area contributed by atoms with Crippen LogP contribution in [0.4, 0.5) is 0 Å². The minimum atomic E-state index is -0.847. The van der Waals surface area contributed by atoms with E-state index in [0.717, 1.165) is 6.42 Å². The zero-order valence-corrected chi connectivity index (χ0v) is 9.58. The Morgan fingerprint density at radius 3 is 2.43 bits per heavy atom. The topological polar surface area (TPSA) is 66.6 Å². The van der Waals surface area contributed by atoms with Crippen LogP contribution in [0.25, 0.3) is 0 Å². The van der Waals surface area contributed by atoms with Gasteiger partial charge in [-0.2, -0.15) is 0 Å². The fraction of sp³-hybridized carbons (Fsp3) is 0.900. The maximum absolute atomic E-state index is 11.5. The number of carbonyl (C=O) groups is 1. The molecule has 14 heavy (non-hydrogen) atoms. The van der Waals surface area contributed by atoms with Crippen LogP contribution in [0.3, 0.4) is 0 Å². The van der Waals surface area contributed by atoms with Gasteiger partial charge >= 0.3 is 0 Å². The number of nitrogens with two attached hydrogens (primary N) is 1. The molecule has 0 aromatic rings. The third-order valence-electron chi connectivity index (χ3n) is 2.01. The van der Waals surface area contributed by atoms with Gasteiger partial charge in [0.25, 0.3) is 0 Å². The molecule has 0 radical (unpaired) electrons. The summed E-state index contributed by atoms with van der Waals surface area (Å²) in [6.45, 7) is 5.64. The van der Waals surface area contributed by atoms with E-state index in [0.29, 0.717) is 13.0 Å². The summed E-state index contributed by atoms with van der Waals surface area (Å²) >= 11 is 0. The molecule has 0 saturated carbocycles. The van der Waals surface area contributed by atoms with Gasteiger partial charge in [0.15, 0.2) is 0 Å². The molecular weight excluding hydrogens is 180 g/mol. The summed E-state index contributed by atoms with van der Waals surface area (Å²) in [5.41, 5.74) is 4.82. The van der Waals surface area contributed by atoms with Crippen molar-refractivity contribution < 1.29 is 9.90 Å². The molecule has 0 fully saturated rings. The van der Waals surface area contributed by atoms with Gasteiger partial charge in [-0.25, -0.2) is 0 Å². The van der Waals surface area contributed by atoms with Crippen molar-refractivity contribution in [2.75, 3.05) is 13.6 Å². The fourth-order valence-electron chi connectivity index (χ4n) is 1.19. The molecule has 0 bridgehead atoms. The van der Waals surface area contributed by atoms with Gasteiger partial charge in [-0.3, -0.25) is 4.79 Å². The summed E-state index contributed by atoms with van der Waals surface area (Å²) in [5.74, 6) is -0.0125. The van der Waals surface area contributed by atoms with Crippen LogP contribution < -0.4 is 5.73 Å². The van der Waals surface area contributed by atoms with Gasteiger partial charge in [0.1, 0.15) is 0 Å². The molecule has 0 aliphatic rings. The standard InChI is InChI=1S/C10H22N2O2/c1-5-8(11)6-9(13)12(4)7-10(2,3)14/h8,14H,5-7,11H2,1-4H3. The molecular formula is C10H22N2O2. The predicted octanol–water partition coefficient (Wildman–Crippen LogP) is 0.343. The summed E-state index contributed by atoms with van der Waals surface area (Å²) in [4.78, 5) is 13.0. The van der Waals surface area contributed by atoms with Crippen LogP contribution in [0.1, 0.15) is 33.6 Å².